The van der Waals surface area contributed by atoms with Crippen molar-refractivity contribution in [3.63, 3.8) is 0 Å². The highest BCUT2D eigenvalue weighted by molar-refractivity contribution is 8.26. The number of nitrogens with zero attached hydrogens (tertiary/aromatic N) is 1. The van der Waals surface area contributed by atoms with Crippen LogP contribution in [0.1, 0.15) is 18.1 Å². The Hall–Kier alpha value is -2.84. The second-order valence-corrected chi connectivity index (χ2v) is 8.09. The van der Waals surface area contributed by atoms with E-state index in [-0.39, 0.29) is 11.7 Å². The van der Waals surface area contributed by atoms with Gasteiger partial charge in [-0.1, -0.05) is 48.2 Å². The smallest absolute Gasteiger partial charge is 0.344 e. The third-order valence-corrected chi connectivity index (χ3v) is 5.65. The lowest BCUT2D eigenvalue weighted by atomic mass is 10.1. The van der Waals surface area contributed by atoms with Crippen molar-refractivity contribution in [1.82, 2.24) is 4.90 Å². The van der Waals surface area contributed by atoms with Gasteiger partial charge in [0.15, 0.2) is 6.10 Å². The van der Waals surface area contributed by atoms with Gasteiger partial charge >= 0.3 is 5.97 Å². The van der Waals surface area contributed by atoms with Crippen LogP contribution in [0, 0.1) is 0 Å². The molecule has 150 valence electrons. The molecule has 0 aliphatic carbocycles. The Labute approximate surface area is 177 Å². The highest BCUT2D eigenvalue weighted by Crippen LogP contribution is 2.33. The van der Waals surface area contributed by atoms with Crippen LogP contribution in [-0.2, 0) is 16.0 Å². The van der Waals surface area contributed by atoms with E-state index in [1.54, 1.807) is 47.4 Å². The summed E-state index contributed by atoms with van der Waals surface area (Å²) in [6.07, 6.45) is 1.45. The molecule has 1 amide bonds. The molecule has 1 aliphatic heterocycles. The van der Waals surface area contributed by atoms with Crippen molar-refractivity contribution < 1.29 is 24.5 Å². The summed E-state index contributed by atoms with van der Waals surface area (Å²) in [6, 6.07) is 13.7. The van der Waals surface area contributed by atoms with E-state index < -0.39 is 12.1 Å². The molecule has 3 rings (SSSR count). The lowest BCUT2D eigenvalue weighted by molar-refractivity contribution is -0.144. The van der Waals surface area contributed by atoms with Crippen LogP contribution in [0.3, 0.4) is 0 Å². The minimum Gasteiger partial charge on any atom is -0.508 e. The number of hydrogen-bond acceptors (Lipinski definition) is 6. The summed E-state index contributed by atoms with van der Waals surface area (Å²) in [7, 11) is 0. The van der Waals surface area contributed by atoms with Gasteiger partial charge in [0.1, 0.15) is 15.8 Å². The quantitative estimate of drug-likeness (QED) is 0.513. The number of carbonyl (C=O) groups excluding carboxylic acids is 1. The molecule has 0 bridgehead atoms. The zero-order valence-electron chi connectivity index (χ0n) is 15.6. The highest BCUT2D eigenvalue weighted by atomic mass is 32.2. The van der Waals surface area contributed by atoms with Crippen LogP contribution in [-0.4, -0.2) is 44.0 Å². The lowest BCUT2D eigenvalue weighted by Gasteiger charge is -2.14. The molecule has 29 heavy (non-hydrogen) atoms. The number of phenolic OH excluding ortho intramolecular Hbond substituents is 1. The van der Waals surface area contributed by atoms with Gasteiger partial charge in [0, 0.05) is 6.54 Å². The normalized spacial score (nSPS) is 16.3. The Balaban J connectivity index is 1.64. The fourth-order valence-corrected chi connectivity index (χ4v) is 3.95. The van der Waals surface area contributed by atoms with Crippen molar-refractivity contribution in [1.29, 1.82) is 0 Å². The summed E-state index contributed by atoms with van der Waals surface area (Å²) in [4.78, 5) is 25.7. The Bertz CT molecular complexity index is 954. The number of amides is 1. The fourth-order valence-electron chi connectivity index (χ4n) is 2.64. The zero-order chi connectivity index (χ0) is 21.0. The molecule has 0 radical (unpaired) electrons. The SMILES string of the molecule is CC(Oc1ccc(/C=C2/SC(=S)N(CCc3ccc(O)cc3)C2=O)cc1)C(=O)O. The van der Waals surface area contributed by atoms with E-state index in [2.05, 4.69) is 0 Å². The Morgan fingerprint density at radius 3 is 2.48 bits per heavy atom. The monoisotopic (exact) mass is 429 g/mol. The minimum atomic E-state index is -1.04. The summed E-state index contributed by atoms with van der Waals surface area (Å²) in [6.45, 7) is 1.92. The second-order valence-electron chi connectivity index (χ2n) is 6.42. The Morgan fingerprint density at radius 2 is 1.86 bits per heavy atom. The van der Waals surface area contributed by atoms with E-state index in [9.17, 15) is 14.7 Å². The summed E-state index contributed by atoms with van der Waals surface area (Å²) < 4.78 is 5.81. The third-order valence-electron chi connectivity index (χ3n) is 4.27. The van der Waals surface area contributed by atoms with Gasteiger partial charge in [-0.25, -0.2) is 4.79 Å². The highest BCUT2D eigenvalue weighted by Gasteiger charge is 2.31. The van der Waals surface area contributed by atoms with Gasteiger partial charge in [-0.3, -0.25) is 9.69 Å². The molecule has 2 aromatic carbocycles. The van der Waals surface area contributed by atoms with E-state index in [0.717, 1.165) is 11.1 Å². The number of thioether (sulfide) groups is 1. The summed E-state index contributed by atoms with van der Waals surface area (Å²) in [5, 5.41) is 18.2. The third kappa shape index (κ3) is 5.36. The molecule has 1 atom stereocenters. The number of carboxylic acids is 1. The summed E-state index contributed by atoms with van der Waals surface area (Å²) in [5.74, 6) is -0.529. The molecule has 1 fully saturated rings. The maximum Gasteiger partial charge on any atom is 0.344 e. The Morgan fingerprint density at radius 1 is 1.21 bits per heavy atom. The van der Waals surface area contributed by atoms with Crippen LogP contribution in [0.4, 0.5) is 0 Å². The van der Waals surface area contributed by atoms with Gasteiger partial charge < -0.3 is 14.9 Å². The first-order valence-corrected chi connectivity index (χ1v) is 10.1. The van der Waals surface area contributed by atoms with Gasteiger partial charge in [-0.05, 0) is 54.8 Å². The lowest BCUT2D eigenvalue weighted by Crippen LogP contribution is -2.30. The first-order valence-electron chi connectivity index (χ1n) is 8.86. The molecule has 1 aliphatic rings. The van der Waals surface area contributed by atoms with Crippen LogP contribution in [0.2, 0.25) is 0 Å². The molecule has 0 spiro atoms. The molecule has 6 nitrogen and oxygen atoms in total. The number of benzene rings is 2. The topological polar surface area (TPSA) is 87.1 Å². The van der Waals surface area contributed by atoms with E-state index in [1.807, 2.05) is 12.1 Å². The number of carboxylic acid groups (broad SMARTS) is 1. The molecule has 0 saturated carbocycles. The molecule has 2 aromatic rings. The average molecular weight is 430 g/mol. The predicted molar refractivity (Wildman–Crippen MR) is 116 cm³/mol. The molecule has 0 aromatic heterocycles. The summed E-state index contributed by atoms with van der Waals surface area (Å²) in [5.41, 5.74) is 1.80. The first kappa shape index (κ1) is 20.9. The van der Waals surface area contributed by atoms with E-state index in [0.29, 0.717) is 27.9 Å². The molecular formula is C21H19NO5S2. The number of aliphatic carboxylic acids is 1. The van der Waals surface area contributed by atoms with E-state index in [4.69, 9.17) is 22.1 Å². The number of rotatable bonds is 7. The van der Waals surface area contributed by atoms with E-state index >= 15 is 0 Å². The fraction of sp³-hybridized carbons (Fsp3) is 0.190. The van der Waals surface area contributed by atoms with Gasteiger partial charge in [0.2, 0.25) is 0 Å². The second kappa shape index (κ2) is 9.11. The van der Waals surface area contributed by atoms with Gasteiger partial charge in [-0.2, -0.15) is 0 Å². The number of phenols is 1. The van der Waals surface area contributed by atoms with Crippen molar-refractivity contribution >= 4 is 46.3 Å². The Kier molecular flexibility index (Phi) is 6.56. The van der Waals surface area contributed by atoms with Crippen LogP contribution >= 0.6 is 24.0 Å². The molecule has 1 saturated heterocycles. The molecule has 1 unspecified atom stereocenters. The number of aromatic hydroxyl groups is 1. The molecule has 1 heterocycles. The maximum absolute atomic E-state index is 12.7. The van der Waals surface area contributed by atoms with Gasteiger partial charge in [0.25, 0.3) is 5.91 Å². The number of thiocarbonyl (C=S) groups is 1. The van der Waals surface area contributed by atoms with Crippen molar-refractivity contribution in [2.45, 2.75) is 19.4 Å². The standard InChI is InChI=1S/C21H19NO5S2/c1-13(20(25)26)27-17-8-4-15(5-9-17)12-18-19(24)22(21(28)29-18)11-10-14-2-6-16(23)7-3-14/h2-9,12-13,23H,10-11H2,1H3,(H,25,26)/b18-12+. The minimum absolute atomic E-state index is 0.140. The molecular weight excluding hydrogens is 410 g/mol. The molecule has 8 heteroatoms. The summed E-state index contributed by atoms with van der Waals surface area (Å²) >= 11 is 6.60. The van der Waals surface area contributed by atoms with Crippen LogP contribution < -0.4 is 4.74 Å². The maximum atomic E-state index is 12.7. The van der Waals surface area contributed by atoms with Crippen LogP contribution in [0.15, 0.2) is 53.4 Å². The molecule has 2 N–H and O–H groups in total. The zero-order valence-corrected chi connectivity index (χ0v) is 17.2. The van der Waals surface area contributed by atoms with Crippen molar-refractivity contribution in [2.24, 2.45) is 0 Å². The van der Waals surface area contributed by atoms with Gasteiger partial charge in [0.05, 0.1) is 4.91 Å². The largest absolute Gasteiger partial charge is 0.508 e. The number of hydrogen-bond donors (Lipinski definition) is 2. The predicted octanol–water partition coefficient (Wildman–Crippen LogP) is 3.69. The van der Waals surface area contributed by atoms with E-state index in [1.165, 1.54) is 18.7 Å². The first-order chi connectivity index (χ1) is 13.8. The van der Waals surface area contributed by atoms with Crippen molar-refractivity contribution in [2.75, 3.05) is 6.54 Å². The number of carbonyl (C=O) groups is 2. The van der Waals surface area contributed by atoms with Crippen molar-refractivity contribution in [3.8, 4) is 11.5 Å². The van der Waals surface area contributed by atoms with Crippen LogP contribution in [0.5, 0.6) is 11.5 Å². The average Bonchev–Trinajstić information content (AvgIpc) is 2.95. The number of ether oxygens (including phenoxy) is 1. The van der Waals surface area contributed by atoms with Crippen molar-refractivity contribution in [3.05, 3.63) is 64.6 Å². The van der Waals surface area contributed by atoms with Crippen LogP contribution in [0.25, 0.3) is 6.08 Å². The van der Waals surface area contributed by atoms with Gasteiger partial charge in [-0.15, -0.1) is 0 Å².